The van der Waals surface area contributed by atoms with E-state index in [0.717, 1.165) is 5.56 Å². The van der Waals surface area contributed by atoms with Crippen molar-refractivity contribution < 1.29 is 17.9 Å². The van der Waals surface area contributed by atoms with E-state index >= 15 is 0 Å². The van der Waals surface area contributed by atoms with Crippen molar-refractivity contribution in [2.75, 3.05) is 32.5 Å². The number of sulfonamides is 1. The number of ether oxygens (including phenoxy) is 1. The predicted molar refractivity (Wildman–Crippen MR) is 80.4 cm³/mol. The molecule has 0 aliphatic rings. The topological polar surface area (TPSA) is 111 Å². The molecule has 0 atom stereocenters. The van der Waals surface area contributed by atoms with Gasteiger partial charge in [0.15, 0.2) is 0 Å². The second-order valence-electron chi connectivity index (χ2n) is 4.63. The summed E-state index contributed by atoms with van der Waals surface area (Å²) in [6, 6.07) is 3.08. The monoisotopic (exact) mass is 315 g/mol. The number of nitrogens with two attached hydrogens (primary N) is 1. The molecule has 0 heterocycles. The normalized spacial score (nSPS) is 11.4. The van der Waals surface area contributed by atoms with Gasteiger partial charge in [-0.15, -0.1) is 0 Å². The van der Waals surface area contributed by atoms with Gasteiger partial charge in [-0.2, -0.15) is 0 Å². The van der Waals surface area contributed by atoms with E-state index in [0.29, 0.717) is 24.4 Å². The van der Waals surface area contributed by atoms with Crippen molar-refractivity contribution >= 4 is 21.6 Å². The lowest BCUT2D eigenvalue weighted by Crippen LogP contribution is -2.38. The number of carbonyl (C=O) groups is 1. The molecular formula is C13H21N3O4S. The summed E-state index contributed by atoms with van der Waals surface area (Å²) in [7, 11) is -2.27. The Kier molecular flexibility index (Phi) is 6.13. The molecule has 0 aliphatic carbocycles. The van der Waals surface area contributed by atoms with Crippen molar-refractivity contribution in [2.45, 2.75) is 18.7 Å². The third-order valence-electron chi connectivity index (χ3n) is 2.98. The summed E-state index contributed by atoms with van der Waals surface area (Å²) in [6.45, 7) is 3.84. The number of aryl methyl sites for hydroxylation is 1. The molecule has 0 unspecified atom stereocenters. The number of rotatable bonds is 7. The highest BCUT2D eigenvalue weighted by Gasteiger charge is 2.19. The van der Waals surface area contributed by atoms with Crippen molar-refractivity contribution in [1.29, 1.82) is 0 Å². The molecule has 1 aromatic rings. The number of hydrogen-bond donors (Lipinski definition) is 3. The third-order valence-corrected chi connectivity index (χ3v) is 4.51. The van der Waals surface area contributed by atoms with E-state index in [-0.39, 0.29) is 11.4 Å². The molecule has 1 aromatic carbocycles. The van der Waals surface area contributed by atoms with Crippen LogP contribution in [-0.4, -0.2) is 41.1 Å². The quantitative estimate of drug-likeness (QED) is 0.482. The molecule has 1 rings (SSSR count). The first-order valence-corrected chi connectivity index (χ1v) is 7.88. The Hall–Kier alpha value is -1.64. The maximum Gasteiger partial charge on any atom is 0.241 e. The van der Waals surface area contributed by atoms with Crippen molar-refractivity contribution in [3.8, 4) is 0 Å². The number of benzene rings is 1. The Morgan fingerprint density at radius 2 is 2.00 bits per heavy atom. The lowest BCUT2D eigenvalue weighted by molar-refractivity contribution is -0.120. The Labute approximate surface area is 124 Å². The first-order valence-electron chi connectivity index (χ1n) is 6.40. The highest BCUT2D eigenvalue weighted by molar-refractivity contribution is 7.89. The number of nitrogen functional groups attached to an aromatic ring is 1. The maximum atomic E-state index is 12.2. The van der Waals surface area contributed by atoms with Gasteiger partial charge in [0.25, 0.3) is 0 Å². The minimum absolute atomic E-state index is 0.0877. The SMILES string of the molecule is COCCNC(=O)CNS(=O)(=O)c1cc(N)cc(C)c1C. The van der Waals surface area contributed by atoms with Gasteiger partial charge < -0.3 is 15.8 Å². The smallest absolute Gasteiger partial charge is 0.241 e. The molecule has 4 N–H and O–H groups in total. The van der Waals surface area contributed by atoms with Crippen LogP contribution in [0.4, 0.5) is 5.69 Å². The van der Waals surface area contributed by atoms with Gasteiger partial charge in [-0.1, -0.05) is 0 Å². The molecule has 0 saturated heterocycles. The average molecular weight is 315 g/mol. The summed E-state index contributed by atoms with van der Waals surface area (Å²) in [5, 5.41) is 2.53. The minimum Gasteiger partial charge on any atom is -0.399 e. The molecule has 0 fully saturated rings. The number of anilines is 1. The van der Waals surface area contributed by atoms with Crippen LogP contribution in [0.5, 0.6) is 0 Å². The van der Waals surface area contributed by atoms with Crippen molar-refractivity contribution in [3.63, 3.8) is 0 Å². The fourth-order valence-corrected chi connectivity index (χ4v) is 3.06. The molecule has 8 heteroatoms. The zero-order chi connectivity index (χ0) is 16.0. The highest BCUT2D eigenvalue weighted by atomic mass is 32.2. The molecule has 7 nitrogen and oxygen atoms in total. The largest absolute Gasteiger partial charge is 0.399 e. The molecule has 1 amide bonds. The van der Waals surface area contributed by atoms with E-state index in [9.17, 15) is 13.2 Å². The van der Waals surface area contributed by atoms with Gasteiger partial charge in [0, 0.05) is 19.3 Å². The van der Waals surface area contributed by atoms with Gasteiger partial charge in [0.1, 0.15) is 0 Å². The number of nitrogens with one attached hydrogen (secondary N) is 2. The van der Waals surface area contributed by atoms with Crippen LogP contribution in [0.25, 0.3) is 0 Å². The second kappa shape index (κ2) is 7.39. The van der Waals surface area contributed by atoms with Gasteiger partial charge in [-0.25, -0.2) is 13.1 Å². The van der Waals surface area contributed by atoms with Crippen LogP contribution in [-0.2, 0) is 19.6 Å². The van der Waals surface area contributed by atoms with Crippen LogP contribution >= 0.6 is 0 Å². The van der Waals surface area contributed by atoms with Crippen molar-refractivity contribution in [3.05, 3.63) is 23.3 Å². The van der Waals surface area contributed by atoms with Gasteiger partial charge in [-0.3, -0.25) is 4.79 Å². The molecule has 0 saturated carbocycles. The molecule has 118 valence electrons. The van der Waals surface area contributed by atoms with Crippen molar-refractivity contribution in [1.82, 2.24) is 10.0 Å². The van der Waals surface area contributed by atoms with Gasteiger partial charge in [0.05, 0.1) is 18.0 Å². The fraction of sp³-hybridized carbons (Fsp3) is 0.462. The standard InChI is InChI=1S/C13H21N3O4S/c1-9-6-11(14)7-12(10(9)2)21(18,19)16-8-13(17)15-4-5-20-3/h6-7,16H,4-5,8,14H2,1-3H3,(H,15,17). The first-order chi connectivity index (χ1) is 9.77. The number of hydrogen-bond acceptors (Lipinski definition) is 5. The maximum absolute atomic E-state index is 12.2. The Balaban J connectivity index is 2.77. The van der Waals surface area contributed by atoms with Gasteiger partial charge in [0.2, 0.25) is 15.9 Å². The number of carbonyl (C=O) groups excluding carboxylic acids is 1. The average Bonchev–Trinajstić information content (AvgIpc) is 2.41. The molecule has 0 aromatic heterocycles. The van der Waals surface area contributed by atoms with E-state index in [1.54, 1.807) is 19.9 Å². The van der Waals surface area contributed by atoms with Gasteiger partial charge >= 0.3 is 0 Å². The summed E-state index contributed by atoms with van der Waals surface area (Å²) in [5.74, 6) is -0.422. The van der Waals surface area contributed by atoms with Gasteiger partial charge in [-0.05, 0) is 37.1 Å². The molecular weight excluding hydrogens is 294 g/mol. The summed E-state index contributed by atoms with van der Waals surface area (Å²) in [5.41, 5.74) is 7.43. The van der Waals surface area contributed by atoms with E-state index in [4.69, 9.17) is 10.5 Å². The lowest BCUT2D eigenvalue weighted by atomic mass is 10.1. The minimum atomic E-state index is -3.78. The number of amides is 1. The molecule has 0 radical (unpaired) electrons. The summed E-state index contributed by atoms with van der Waals surface area (Å²) >= 11 is 0. The Morgan fingerprint density at radius 1 is 1.33 bits per heavy atom. The van der Waals surface area contributed by atoms with E-state index in [1.165, 1.54) is 13.2 Å². The highest BCUT2D eigenvalue weighted by Crippen LogP contribution is 2.21. The summed E-state index contributed by atoms with van der Waals surface area (Å²) in [6.07, 6.45) is 0. The van der Waals surface area contributed by atoms with Crippen molar-refractivity contribution in [2.24, 2.45) is 0 Å². The van der Waals surface area contributed by atoms with Crippen LogP contribution in [0, 0.1) is 13.8 Å². The van der Waals surface area contributed by atoms with Crippen LogP contribution in [0.1, 0.15) is 11.1 Å². The third kappa shape index (κ3) is 5.00. The fourth-order valence-electron chi connectivity index (χ4n) is 1.73. The van der Waals surface area contributed by atoms with E-state index in [1.807, 2.05) is 0 Å². The van der Waals surface area contributed by atoms with Crippen LogP contribution in [0.15, 0.2) is 17.0 Å². The zero-order valence-electron chi connectivity index (χ0n) is 12.4. The van der Waals surface area contributed by atoms with Crippen LogP contribution < -0.4 is 15.8 Å². The van der Waals surface area contributed by atoms with E-state index < -0.39 is 15.9 Å². The molecule has 21 heavy (non-hydrogen) atoms. The zero-order valence-corrected chi connectivity index (χ0v) is 13.2. The summed E-state index contributed by atoms with van der Waals surface area (Å²) < 4.78 is 31.5. The van der Waals surface area contributed by atoms with Crippen LogP contribution in [0.3, 0.4) is 0 Å². The molecule has 0 aliphatic heterocycles. The first kappa shape index (κ1) is 17.4. The number of methoxy groups -OCH3 is 1. The Bertz CT molecular complexity index is 614. The Morgan fingerprint density at radius 3 is 2.62 bits per heavy atom. The van der Waals surface area contributed by atoms with Crippen LogP contribution in [0.2, 0.25) is 0 Å². The lowest BCUT2D eigenvalue weighted by Gasteiger charge is -2.12. The summed E-state index contributed by atoms with van der Waals surface area (Å²) in [4.78, 5) is 11.6. The predicted octanol–water partition coefficient (Wildman–Crippen LogP) is -0.0735. The molecule has 0 spiro atoms. The second-order valence-corrected chi connectivity index (χ2v) is 6.36. The molecule has 0 bridgehead atoms. The van der Waals surface area contributed by atoms with E-state index in [2.05, 4.69) is 10.0 Å².